The highest BCUT2D eigenvalue weighted by molar-refractivity contribution is 7.89. The summed E-state index contributed by atoms with van der Waals surface area (Å²) in [6, 6.07) is 9.72. The number of carbonyl (C=O) groups excluding carboxylic acids is 2. The van der Waals surface area contributed by atoms with E-state index < -0.39 is 34.4 Å². The van der Waals surface area contributed by atoms with Crippen LogP contribution in [0.5, 0.6) is 0 Å². The monoisotopic (exact) mass is 407 g/mol. The van der Waals surface area contributed by atoms with E-state index in [9.17, 15) is 18.0 Å². The minimum absolute atomic E-state index is 0.179. The number of nitrogens with one attached hydrogen (secondary N) is 1. The number of ether oxygens (including phenoxy) is 1. The van der Waals surface area contributed by atoms with E-state index in [0.29, 0.717) is 18.5 Å². The van der Waals surface area contributed by atoms with Crippen LogP contribution >= 0.6 is 0 Å². The number of rotatable bonds is 6. The number of benzene rings is 1. The molecule has 1 N–H and O–H groups in total. The summed E-state index contributed by atoms with van der Waals surface area (Å²) in [7, 11) is -3.57. The lowest BCUT2D eigenvalue weighted by molar-refractivity contribution is -0.152. The van der Waals surface area contributed by atoms with E-state index in [0.717, 1.165) is 0 Å². The summed E-state index contributed by atoms with van der Waals surface area (Å²) < 4.78 is 36.5. The fourth-order valence-electron chi connectivity index (χ4n) is 2.92. The van der Waals surface area contributed by atoms with Gasteiger partial charge in [0.25, 0.3) is 5.91 Å². The van der Waals surface area contributed by atoms with Crippen molar-refractivity contribution in [1.82, 2.24) is 9.46 Å². The fraction of sp³-hybridized carbons (Fsp3) is 0.389. The first-order valence-electron chi connectivity index (χ1n) is 8.81. The molecule has 2 aromatic rings. The van der Waals surface area contributed by atoms with Crippen LogP contribution in [0, 0.1) is 12.8 Å². The Labute approximate surface area is 162 Å². The number of nitrogens with zero attached hydrogens (tertiary/aromatic N) is 2. The molecule has 1 amide bonds. The lowest BCUT2D eigenvalue weighted by atomic mass is 9.98. The van der Waals surface area contributed by atoms with Gasteiger partial charge < -0.3 is 9.26 Å². The Morgan fingerprint density at radius 2 is 1.93 bits per heavy atom. The van der Waals surface area contributed by atoms with Gasteiger partial charge in [0.05, 0.1) is 16.5 Å². The lowest BCUT2D eigenvalue weighted by Gasteiger charge is -2.30. The van der Waals surface area contributed by atoms with Gasteiger partial charge in [-0.2, -0.15) is 4.31 Å². The van der Waals surface area contributed by atoms with E-state index in [2.05, 4.69) is 10.5 Å². The molecule has 1 aromatic carbocycles. The van der Waals surface area contributed by atoms with E-state index in [1.807, 2.05) is 0 Å². The van der Waals surface area contributed by atoms with Gasteiger partial charge in [-0.1, -0.05) is 23.4 Å². The van der Waals surface area contributed by atoms with Gasteiger partial charge in [-0.15, -0.1) is 0 Å². The summed E-state index contributed by atoms with van der Waals surface area (Å²) in [5.74, 6) is -1.31. The van der Waals surface area contributed by atoms with Crippen molar-refractivity contribution in [2.24, 2.45) is 5.92 Å². The summed E-state index contributed by atoms with van der Waals surface area (Å²) >= 11 is 0. The van der Waals surface area contributed by atoms with Crippen LogP contribution in [0.4, 0.5) is 5.88 Å². The van der Waals surface area contributed by atoms with E-state index >= 15 is 0 Å². The van der Waals surface area contributed by atoms with Crippen molar-refractivity contribution < 1.29 is 27.3 Å². The van der Waals surface area contributed by atoms with Gasteiger partial charge in [-0.25, -0.2) is 8.42 Å². The fourth-order valence-corrected chi connectivity index (χ4v) is 4.41. The molecule has 150 valence electrons. The molecular weight excluding hydrogens is 386 g/mol. The minimum Gasteiger partial charge on any atom is -0.455 e. The largest absolute Gasteiger partial charge is 0.455 e. The number of piperidine rings is 1. The predicted molar refractivity (Wildman–Crippen MR) is 98.8 cm³/mol. The zero-order valence-electron chi connectivity index (χ0n) is 15.3. The van der Waals surface area contributed by atoms with Crippen LogP contribution in [-0.4, -0.2) is 49.5 Å². The van der Waals surface area contributed by atoms with Crippen LogP contribution < -0.4 is 5.32 Å². The zero-order chi connectivity index (χ0) is 20.1. The van der Waals surface area contributed by atoms with Crippen LogP contribution in [0.25, 0.3) is 0 Å². The SMILES string of the molecule is Cc1cc(NC(=O)COC(=O)C2CCN(S(=O)(=O)c3ccccc3)CC2)on1. The second kappa shape index (κ2) is 8.53. The van der Waals surface area contributed by atoms with Crippen molar-refractivity contribution in [1.29, 1.82) is 0 Å². The van der Waals surface area contributed by atoms with Crippen LogP contribution in [-0.2, 0) is 24.3 Å². The zero-order valence-corrected chi connectivity index (χ0v) is 16.1. The molecule has 10 heteroatoms. The number of hydrogen-bond donors (Lipinski definition) is 1. The van der Waals surface area contributed by atoms with Crippen LogP contribution in [0.1, 0.15) is 18.5 Å². The Bertz CT molecular complexity index is 933. The standard InChI is InChI=1S/C18H21N3O6S/c1-13-11-17(27-20-13)19-16(22)12-26-18(23)14-7-9-21(10-8-14)28(24,25)15-5-3-2-4-6-15/h2-6,11,14H,7-10,12H2,1H3,(H,19,22). The van der Waals surface area contributed by atoms with Gasteiger partial charge in [0, 0.05) is 19.2 Å². The van der Waals surface area contributed by atoms with Crippen LogP contribution in [0.3, 0.4) is 0 Å². The maximum Gasteiger partial charge on any atom is 0.309 e. The maximum atomic E-state index is 12.6. The normalized spacial score (nSPS) is 15.9. The number of aromatic nitrogens is 1. The summed E-state index contributed by atoms with van der Waals surface area (Å²) in [4.78, 5) is 24.2. The number of carbonyl (C=O) groups is 2. The number of amides is 1. The Kier molecular flexibility index (Phi) is 6.10. The molecule has 1 saturated heterocycles. The second-order valence-corrected chi connectivity index (χ2v) is 8.42. The van der Waals surface area contributed by atoms with Crippen molar-refractivity contribution in [2.45, 2.75) is 24.7 Å². The van der Waals surface area contributed by atoms with E-state index in [1.165, 1.54) is 4.31 Å². The van der Waals surface area contributed by atoms with Crippen molar-refractivity contribution in [3.05, 3.63) is 42.1 Å². The number of esters is 1. The third-order valence-electron chi connectivity index (χ3n) is 4.40. The van der Waals surface area contributed by atoms with Gasteiger partial charge in [0.15, 0.2) is 6.61 Å². The Balaban J connectivity index is 1.46. The Hall–Kier alpha value is -2.72. The molecule has 1 fully saturated rings. The van der Waals surface area contributed by atoms with Gasteiger partial charge in [-0.3, -0.25) is 14.9 Å². The molecule has 3 rings (SSSR count). The smallest absolute Gasteiger partial charge is 0.309 e. The number of sulfonamides is 1. The molecule has 0 atom stereocenters. The molecule has 1 aromatic heterocycles. The first kappa shape index (κ1) is 20.0. The highest BCUT2D eigenvalue weighted by Crippen LogP contribution is 2.24. The minimum atomic E-state index is -3.57. The van der Waals surface area contributed by atoms with Crippen LogP contribution in [0.2, 0.25) is 0 Å². The first-order valence-corrected chi connectivity index (χ1v) is 10.3. The topological polar surface area (TPSA) is 119 Å². The summed E-state index contributed by atoms with van der Waals surface area (Å²) in [5, 5.41) is 6.07. The van der Waals surface area contributed by atoms with E-state index in [1.54, 1.807) is 43.3 Å². The van der Waals surface area contributed by atoms with Crippen LogP contribution in [0.15, 0.2) is 45.8 Å². The molecule has 0 aliphatic carbocycles. The molecule has 1 aliphatic heterocycles. The van der Waals surface area contributed by atoms with Gasteiger partial charge in [0.1, 0.15) is 0 Å². The molecule has 0 saturated carbocycles. The van der Waals surface area contributed by atoms with E-state index in [-0.39, 0.29) is 23.9 Å². The molecule has 9 nitrogen and oxygen atoms in total. The molecule has 0 unspecified atom stereocenters. The highest BCUT2D eigenvalue weighted by Gasteiger charge is 2.32. The van der Waals surface area contributed by atoms with E-state index in [4.69, 9.17) is 9.26 Å². The quantitative estimate of drug-likeness (QED) is 0.722. The molecular formula is C18H21N3O6S. The van der Waals surface area contributed by atoms with Crippen molar-refractivity contribution in [2.75, 3.05) is 25.0 Å². The second-order valence-electron chi connectivity index (χ2n) is 6.48. The molecule has 1 aliphatic rings. The molecule has 0 spiro atoms. The number of hydrogen-bond acceptors (Lipinski definition) is 7. The first-order chi connectivity index (χ1) is 13.4. The summed E-state index contributed by atoms with van der Waals surface area (Å²) in [6.07, 6.45) is 0.682. The molecule has 0 radical (unpaired) electrons. The number of anilines is 1. The third-order valence-corrected chi connectivity index (χ3v) is 6.32. The van der Waals surface area contributed by atoms with Gasteiger partial charge in [0.2, 0.25) is 15.9 Å². The summed E-state index contributed by atoms with van der Waals surface area (Å²) in [5.41, 5.74) is 0.615. The Morgan fingerprint density at radius 3 is 2.54 bits per heavy atom. The van der Waals surface area contributed by atoms with Crippen molar-refractivity contribution >= 4 is 27.8 Å². The highest BCUT2D eigenvalue weighted by atomic mass is 32.2. The molecule has 2 heterocycles. The number of aryl methyl sites for hydroxylation is 1. The average Bonchev–Trinajstić information content (AvgIpc) is 3.11. The van der Waals surface area contributed by atoms with Crippen molar-refractivity contribution in [3.63, 3.8) is 0 Å². The van der Waals surface area contributed by atoms with Crippen molar-refractivity contribution in [3.8, 4) is 0 Å². The average molecular weight is 407 g/mol. The third kappa shape index (κ3) is 4.76. The molecule has 0 bridgehead atoms. The lowest BCUT2D eigenvalue weighted by Crippen LogP contribution is -2.40. The predicted octanol–water partition coefficient (Wildman–Crippen LogP) is 1.57. The maximum absolute atomic E-state index is 12.6. The Morgan fingerprint density at radius 1 is 1.25 bits per heavy atom. The summed E-state index contributed by atoms with van der Waals surface area (Å²) in [6.45, 7) is 1.71. The van der Waals surface area contributed by atoms with Gasteiger partial charge in [-0.05, 0) is 31.9 Å². The molecule has 28 heavy (non-hydrogen) atoms. The van der Waals surface area contributed by atoms with Gasteiger partial charge >= 0.3 is 5.97 Å².